The Labute approximate surface area is 128 Å². The zero-order valence-electron chi connectivity index (χ0n) is 12.0. The van der Waals surface area contributed by atoms with Gasteiger partial charge in [-0.15, -0.1) is 11.3 Å². The molecular formula is C16H21N3OS. The summed E-state index contributed by atoms with van der Waals surface area (Å²) in [5.41, 5.74) is 6.81. The third-order valence-electron chi connectivity index (χ3n) is 4.19. The van der Waals surface area contributed by atoms with E-state index in [9.17, 15) is 4.79 Å². The molecule has 3 rings (SSSR count). The summed E-state index contributed by atoms with van der Waals surface area (Å²) in [6, 6.07) is 8.38. The Balaban J connectivity index is 1.57. The van der Waals surface area contributed by atoms with Gasteiger partial charge < -0.3 is 16.4 Å². The minimum atomic E-state index is -0.692. The standard InChI is InChI=1S/C16H21N3OS/c17-16(6-9-18-10-7-16)15(20)19-8-5-12-11-21-14-4-2-1-3-13(12)14/h1-4,11,18H,5-10,17H2,(H,19,20). The highest BCUT2D eigenvalue weighted by atomic mass is 32.1. The van der Waals surface area contributed by atoms with Crippen LogP contribution in [0.3, 0.4) is 0 Å². The lowest BCUT2D eigenvalue weighted by Crippen LogP contribution is -2.59. The first-order chi connectivity index (χ1) is 10.2. The molecule has 4 nitrogen and oxygen atoms in total. The van der Waals surface area contributed by atoms with Crippen molar-refractivity contribution in [2.75, 3.05) is 19.6 Å². The summed E-state index contributed by atoms with van der Waals surface area (Å²) in [7, 11) is 0. The summed E-state index contributed by atoms with van der Waals surface area (Å²) in [6.07, 6.45) is 2.27. The van der Waals surface area contributed by atoms with E-state index in [0.29, 0.717) is 19.4 Å². The smallest absolute Gasteiger partial charge is 0.240 e. The fourth-order valence-corrected chi connectivity index (χ4v) is 3.81. The van der Waals surface area contributed by atoms with Crippen LogP contribution in [0.5, 0.6) is 0 Å². The second kappa shape index (κ2) is 6.13. The largest absolute Gasteiger partial charge is 0.354 e. The number of nitrogens with one attached hydrogen (secondary N) is 2. The predicted molar refractivity (Wildman–Crippen MR) is 87.6 cm³/mol. The molecule has 21 heavy (non-hydrogen) atoms. The SMILES string of the molecule is NC1(C(=O)NCCc2csc3ccccc23)CCNCC1. The molecule has 1 saturated heterocycles. The maximum atomic E-state index is 12.3. The summed E-state index contributed by atoms with van der Waals surface area (Å²) < 4.78 is 1.30. The molecule has 1 aliphatic rings. The normalized spacial score (nSPS) is 17.8. The van der Waals surface area contributed by atoms with E-state index >= 15 is 0 Å². The second-order valence-electron chi connectivity index (χ2n) is 5.67. The zero-order valence-corrected chi connectivity index (χ0v) is 12.8. The molecule has 1 aromatic heterocycles. The average molecular weight is 303 g/mol. The molecule has 1 amide bonds. The van der Waals surface area contributed by atoms with Crippen LogP contribution in [0.1, 0.15) is 18.4 Å². The van der Waals surface area contributed by atoms with Crippen LogP contribution in [0, 0.1) is 0 Å². The fraction of sp³-hybridized carbons (Fsp3) is 0.438. The average Bonchev–Trinajstić information content (AvgIpc) is 2.91. The number of carbonyl (C=O) groups excluding carboxylic acids is 1. The Morgan fingerprint density at radius 1 is 1.33 bits per heavy atom. The molecule has 0 aliphatic carbocycles. The van der Waals surface area contributed by atoms with Crippen molar-refractivity contribution in [3.05, 3.63) is 35.2 Å². The molecule has 0 bridgehead atoms. The Hall–Kier alpha value is -1.43. The summed E-state index contributed by atoms with van der Waals surface area (Å²) in [4.78, 5) is 12.3. The van der Waals surface area contributed by atoms with Crippen LogP contribution >= 0.6 is 11.3 Å². The Morgan fingerprint density at radius 2 is 2.10 bits per heavy atom. The van der Waals surface area contributed by atoms with Crippen LogP contribution in [0.2, 0.25) is 0 Å². The third kappa shape index (κ3) is 3.10. The van der Waals surface area contributed by atoms with Crippen molar-refractivity contribution in [2.45, 2.75) is 24.8 Å². The highest BCUT2D eigenvalue weighted by molar-refractivity contribution is 7.17. The van der Waals surface area contributed by atoms with Crippen LogP contribution in [0.4, 0.5) is 0 Å². The van der Waals surface area contributed by atoms with Gasteiger partial charge in [-0.2, -0.15) is 0 Å². The Bertz CT molecular complexity index is 631. The molecule has 5 heteroatoms. The zero-order chi connectivity index (χ0) is 14.7. The van der Waals surface area contributed by atoms with E-state index in [1.165, 1.54) is 15.6 Å². The summed E-state index contributed by atoms with van der Waals surface area (Å²) in [5.74, 6) is -0.0106. The van der Waals surface area contributed by atoms with Gasteiger partial charge in [-0.25, -0.2) is 0 Å². The predicted octanol–water partition coefficient (Wildman–Crippen LogP) is 1.64. The second-order valence-corrected chi connectivity index (χ2v) is 6.58. The Kier molecular flexibility index (Phi) is 4.24. The first-order valence-corrected chi connectivity index (χ1v) is 8.30. The van der Waals surface area contributed by atoms with Crippen LogP contribution in [0.15, 0.2) is 29.6 Å². The molecule has 2 aromatic rings. The van der Waals surface area contributed by atoms with Crippen molar-refractivity contribution >= 4 is 27.3 Å². The fourth-order valence-electron chi connectivity index (χ4n) is 2.81. The summed E-state index contributed by atoms with van der Waals surface area (Å²) in [6.45, 7) is 2.28. The number of rotatable bonds is 4. The number of amides is 1. The molecule has 0 unspecified atom stereocenters. The van der Waals surface area contributed by atoms with Gasteiger partial charge in [0.05, 0.1) is 5.54 Å². The molecule has 1 aromatic carbocycles. The van der Waals surface area contributed by atoms with Gasteiger partial charge in [0, 0.05) is 11.2 Å². The van der Waals surface area contributed by atoms with Crippen LogP contribution in [0.25, 0.3) is 10.1 Å². The van der Waals surface area contributed by atoms with Crippen molar-refractivity contribution in [1.82, 2.24) is 10.6 Å². The number of hydrogen-bond acceptors (Lipinski definition) is 4. The number of fused-ring (bicyclic) bond motifs is 1. The van der Waals surface area contributed by atoms with Gasteiger partial charge in [0.2, 0.25) is 5.91 Å². The van der Waals surface area contributed by atoms with E-state index in [1.807, 2.05) is 0 Å². The third-order valence-corrected chi connectivity index (χ3v) is 5.20. The molecule has 0 saturated carbocycles. The van der Waals surface area contributed by atoms with Crippen LogP contribution in [-0.4, -0.2) is 31.1 Å². The van der Waals surface area contributed by atoms with E-state index in [0.717, 1.165) is 19.5 Å². The number of hydrogen-bond donors (Lipinski definition) is 3. The number of thiophene rings is 1. The van der Waals surface area contributed by atoms with Crippen LogP contribution in [-0.2, 0) is 11.2 Å². The minimum absolute atomic E-state index is 0.0106. The number of piperidine rings is 1. The summed E-state index contributed by atoms with van der Waals surface area (Å²) in [5, 5.41) is 9.72. The number of benzene rings is 1. The number of nitrogens with two attached hydrogens (primary N) is 1. The topological polar surface area (TPSA) is 67.2 Å². The highest BCUT2D eigenvalue weighted by Gasteiger charge is 2.34. The maximum absolute atomic E-state index is 12.3. The van der Waals surface area contributed by atoms with Gasteiger partial charge in [-0.05, 0) is 54.7 Å². The van der Waals surface area contributed by atoms with Crippen molar-refractivity contribution in [3.63, 3.8) is 0 Å². The molecule has 0 radical (unpaired) electrons. The van der Waals surface area contributed by atoms with Gasteiger partial charge in [-0.3, -0.25) is 4.79 Å². The van der Waals surface area contributed by atoms with Crippen molar-refractivity contribution in [1.29, 1.82) is 0 Å². The maximum Gasteiger partial charge on any atom is 0.240 e. The van der Waals surface area contributed by atoms with Crippen molar-refractivity contribution in [3.8, 4) is 0 Å². The van der Waals surface area contributed by atoms with E-state index in [-0.39, 0.29) is 5.91 Å². The molecular weight excluding hydrogens is 282 g/mol. The van der Waals surface area contributed by atoms with Crippen molar-refractivity contribution in [2.24, 2.45) is 5.73 Å². The van der Waals surface area contributed by atoms with Gasteiger partial charge in [-0.1, -0.05) is 18.2 Å². The minimum Gasteiger partial charge on any atom is -0.354 e. The molecule has 1 aliphatic heterocycles. The van der Waals surface area contributed by atoms with Gasteiger partial charge in [0.15, 0.2) is 0 Å². The van der Waals surface area contributed by atoms with E-state index < -0.39 is 5.54 Å². The molecule has 4 N–H and O–H groups in total. The van der Waals surface area contributed by atoms with Gasteiger partial charge in [0.1, 0.15) is 0 Å². The number of carbonyl (C=O) groups is 1. The molecule has 0 spiro atoms. The van der Waals surface area contributed by atoms with E-state index in [1.54, 1.807) is 11.3 Å². The van der Waals surface area contributed by atoms with Gasteiger partial charge in [0.25, 0.3) is 0 Å². The quantitative estimate of drug-likeness (QED) is 0.804. The molecule has 1 fully saturated rings. The van der Waals surface area contributed by atoms with Crippen molar-refractivity contribution < 1.29 is 4.79 Å². The first kappa shape index (κ1) is 14.5. The summed E-state index contributed by atoms with van der Waals surface area (Å²) >= 11 is 1.75. The van der Waals surface area contributed by atoms with Gasteiger partial charge >= 0.3 is 0 Å². The molecule has 2 heterocycles. The molecule has 0 atom stereocenters. The van der Waals surface area contributed by atoms with E-state index in [4.69, 9.17) is 5.73 Å². The van der Waals surface area contributed by atoms with E-state index in [2.05, 4.69) is 40.3 Å². The first-order valence-electron chi connectivity index (χ1n) is 7.42. The molecule has 112 valence electrons. The lowest BCUT2D eigenvalue weighted by Gasteiger charge is -2.32. The Morgan fingerprint density at radius 3 is 2.90 bits per heavy atom. The van der Waals surface area contributed by atoms with Crippen LogP contribution < -0.4 is 16.4 Å². The lowest BCUT2D eigenvalue weighted by molar-refractivity contribution is -0.127. The highest BCUT2D eigenvalue weighted by Crippen LogP contribution is 2.25. The lowest BCUT2D eigenvalue weighted by atomic mass is 9.88. The monoisotopic (exact) mass is 303 g/mol.